The smallest absolute Gasteiger partial charge is 0.131 e. The standard InChI is InChI=1S/C10H21NO3/c1-8(5-9(2)12)11(3)6-10(13)7-14-4/h8,10,13H,5-7H2,1-4H3. The van der Waals surface area contributed by atoms with E-state index in [0.717, 1.165) is 0 Å². The minimum Gasteiger partial charge on any atom is -0.389 e. The Morgan fingerprint density at radius 1 is 1.57 bits per heavy atom. The predicted molar refractivity (Wildman–Crippen MR) is 55.3 cm³/mol. The molecule has 4 nitrogen and oxygen atoms in total. The fourth-order valence-corrected chi connectivity index (χ4v) is 1.33. The average Bonchev–Trinajstić information content (AvgIpc) is 2.02. The van der Waals surface area contributed by atoms with Gasteiger partial charge in [0, 0.05) is 26.1 Å². The van der Waals surface area contributed by atoms with E-state index in [4.69, 9.17) is 4.74 Å². The van der Waals surface area contributed by atoms with Crippen LogP contribution in [-0.4, -0.2) is 55.2 Å². The van der Waals surface area contributed by atoms with Crippen LogP contribution in [0.2, 0.25) is 0 Å². The van der Waals surface area contributed by atoms with Crippen molar-refractivity contribution in [2.24, 2.45) is 0 Å². The highest BCUT2D eigenvalue weighted by atomic mass is 16.5. The molecule has 0 heterocycles. The first-order valence-electron chi connectivity index (χ1n) is 4.84. The first kappa shape index (κ1) is 13.5. The topological polar surface area (TPSA) is 49.8 Å². The molecule has 0 aromatic rings. The first-order chi connectivity index (χ1) is 6.47. The molecule has 0 aliphatic heterocycles. The molecule has 0 aliphatic rings. The summed E-state index contributed by atoms with van der Waals surface area (Å²) in [6, 6.07) is 0.166. The van der Waals surface area contributed by atoms with Crippen molar-refractivity contribution in [2.75, 3.05) is 27.3 Å². The Kier molecular flexibility index (Phi) is 6.70. The van der Waals surface area contributed by atoms with Gasteiger partial charge in [0.1, 0.15) is 5.78 Å². The minimum atomic E-state index is -0.487. The van der Waals surface area contributed by atoms with Crippen LogP contribution in [0.5, 0.6) is 0 Å². The number of hydrogen-bond donors (Lipinski definition) is 1. The quantitative estimate of drug-likeness (QED) is 0.646. The second kappa shape index (κ2) is 6.92. The first-order valence-corrected chi connectivity index (χ1v) is 4.84. The van der Waals surface area contributed by atoms with E-state index in [2.05, 4.69) is 0 Å². The number of nitrogens with zero attached hydrogens (tertiary/aromatic N) is 1. The summed E-state index contributed by atoms with van der Waals surface area (Å²) in [6.45, 7) is 4.41. The van der Waals surface area contributed by atoms with Crippen molar-refractivity contribution < 1.29 is 14.6 Å². The van der Waals surface area contributed by atoms with Crippen LogP contribution in [0.4, 0.5) is 0 Å². The number of methoxy groups -OCH3 is 1. The number of ether oxygens (including phenoxy) is 1. The third kappa shape index (κ3) is 6.07. The van der Waals surface area contributed by atoms with Gasteiger partial charge in [0.15, 0.2) is 0 Å². The summed E-state index contributed by atoms with van der Waals surface area (Å²) in [7, 11) is 3.45. The van der Waals surface area contributed by atoms with Gasteiger partial charge in [-0.2, -0.15) is 0 Å². The van der Waals surface area contributed by atoms with Crippen molar-refractivity contribution in [3.05, 3.63) is 0 Å². The molecule has 0 bridgehead atoms. The molecule has 0 spiro atoms. The van der Waals surface area contributed by atoms with E-state index in [1.54, 1.807) is 14.0 Å². The van der Waals surface area contributed by atoms with Gasteiger partial charge in [0.25, 0.3) is 0 Å². The maximum Gasteiger partial charge on any atom is 0.131 e. The van der Waals surface area contributed by atoms with E-state index >= 15 is 0 Å². The van der Waals surface area contributed by atoms with E-state index < -0.39 is 6.10 Å². The molecule has 0 amide bonds. The number of carbonyl (C=O) groups excluding carboxylic acids is 1. The van der Waals surface area contributed by atoms with Gasteiger partial charge in [-0.3, -0.25) is 4.79 Å². The molecule has 0 aromatic heterocycles. The van der Waals surface area contributed by atoms with Gasteiger partial charge in [-0.15, -0.1) is 0 Å². The van der Waals surface area contributed by atoms with E-state index in [-0.39, 0.29) is 11.8 Å². The fraction of sp³-hybridized carbons (Fsp3) is 0.900. The molecule has 0 aliphatic carbocycles. The number of likely N-dealkylation sites (N-methyl/N-ethyl adjacent to an activating group) is 1. The second-order valence-electron chi connectivity index (χ2n) is 3.80. The number of Topliss-reactive ketones (excluding diaryl/α,β-unsaturated/α-hetero) is 1. The lowest BCUT2D eigenvalue weighted by atomic mass is 10.1. The largest absolute Gasteiger partial charge is 0.389 e. The zero-order valence-corrected chi connectivity index (χ0v) is 9.49. The van der Waals surface area contributed by atoms with Gasteiger partial charge >= 0.3 is 0 Å². The Morgan fingerprint density at radius 3 is 2.57 bits per heavy atom. The van der Waals surface area contributed by atoms with Crippen molar-refractivity contribution in [3.63, 3.8) is 0 Å². The molecule has 0 saturated heterocycles. The van der Waals surface area contributed by atoms with Crippen LogP contribution < -0.4 is 0 Å². The summed E-state index contributed by atoms with van der Waals surface area (Å²) >= 11 is 0. The summed E-state index contributed by atoms with van der Waals surface area (Å²) < 4.78 is 4.82. The molecule has 2 unspecified atom stereocenters. The monoisotopic (exact) mass is 203 g/mol. The second-order valence-corrected chi connectivity index (χ2v) is 3.80. The normalized spacial score (nSPS) is 15.6. The molecule has 0 rings (SSSR count). The number of carbonyl (C=O) groups is 1. The van der Waals surface area contributed by atoms with Crippen molar-refractivity contribution >= 4 is 5.78 Å². The summed E-state index contributed by atoms with van der Waals surface area (Å²) in [6.07, 6.45) is 0.0374. The Balaban J connectivity index is 3.81. The number of rotatable bonds is 7. The van der Waals surface area contributed by atoms with E-state index in [1.165, 1.54) is 0 Å². The summed E-state index contributed by atoms with van der Waals surface area (Å²) in [5.74, 6) is 0.172. The Bertz CT molecular complexity index is 173. The van der Waals surface area contributed by atoms with E-state index in [0.29, 0.717) is 19.6 Å². The van der Waals surface area contributed by atoms with E-state index in [1.807, 2.05) is 18.9 Å². The molecule has 0 radical (unpaired) electrons. The van der Waals surface area contributed by atoms with Crippen molar-refractivity contribution in [3.8, 4) is 0 Å². The lowest BCUT2D eigenvalue weighted by Crippen LogP contribution is -2.38. The number of aliphatic hydroxyl groups excluding tert-OH is 1. The van der Waals surface area contributed by atoms with Crippen LogP contribution in [0.25, 0.3) is 0 Å². The van der Waals surface area contributed by atoms with Crippen LogP contribution in [0.1, 0.15) is 20.3 Å². The molecule has 0 fully saturated rings. The van der Waals surface area contributed by atoms with Crippen LogP contribution in [0.3, 0.4) is 0 Å². The number of ketones is 1. The third-order valence-electron chi connectivity index (χ3n) is 2.19. The van der Waals surface area contributed by atoms with Gasteiger partial charge in [0.05, 0.1) is 12.7 Å². The van der Waals surface area contributed by atoms with E-state index in [9.17, 15) is 9.90 Å². The molecule has 1 N–H and O–H groups in total. The third-order valence-corrected chi connectivity index (χ3v) is 2.19. The van der Waals surface area contributed by atoms with Gasteiger partial charge < -0.3 is 14.7 Å². The van der Waals surface area contributed by atoms with Gasteiger partial charge in [-0.1, -0.05) is 0 Å². The fourth-order valence-electron chi connectivity index (χ4n) is 1.33. The zero-order valence-electron chi connectivity index (χ0n) is 9.49. The highest BCUT2D eigenvalue weighted by molar-refractivity contribution is 5.76. The van der Waals surface area contributed by atoms with Gasteiger partial charge in [0.2, 0.25) is 0 Å². The van der Waals surface area contributed by atoms with Crippen LogP contribution in [-0.2, 0) is 9.53 Å². The van der Waals surface area contributed by atoms with Crippen LogP contribution in [0, 0.1) is 0 Å². The lowest BCUT2D eigenvalue weighted by Gasteiger charge is -2.25. The molecule has 2 atom stereocenters. The molecule has 4 heteroatoms. The lowest BCUT2D eigenvalue weighted by molar-refractivity contribution is -0.118. The Hall–Kier alpha value is -0.450. The molecular weight excluding hydrogens is 182 g/mol. The molecule has 0 aromatic carbocycles. The molecule has 84 valence electrons. The Labute approximate surface area is 85.9 Å². The van der Waals surface area contributed by atoms with Crippen molar-refractivity contribution in [1.29, 1.82) is 0 Å². The number of aliphatic hydroxyl groups is 1. The van der Waals surface area contributed by atoms with Gasteiger partial charge in [-0.25, -0.2) is 0 Å². The van der Waals surface area contributed by atoms with Gasteiger partial charge in [-0.05, 0) is 20.9 Å². The highest BCUT2D eigenvalue weighted by Crippen LogP contribution is 2.02. The Morgan fingerprint density at radius 2 is 2.14 bits per heavy atom. The summed E-state index contributed by atoms with van der Waals surface area (Å²) in [4.78, 5) is 12.8. The minimum absolute atomic E-state index is 0.166. The van der Waals surface area contributed by atoms with Crippen molar-refractivity contribution in [2.45, 2.75) is 32.4 Å². The zero-order chi connectivity index (χ0) is 11.1. The van der Waals surface area contributed by atoms with Crippen LogP contribution in [0.15, 0.2) is 0 Å². The summed E-state index contributed by atoms with van der Waals surface area (Å²) in [5, 5.41) is 9.45. The SMILES string of the molecule is COCC(O)CN(C)C(C)CC(C)=O. The average molecular weight is 203 g/mol. The maximum atomic E-state index is 10.9. The maximum absolute atomic E-state index is 10.9. The summed E-state index contributed by atoms with van der Waals surface area (Å²) in [5.41, 5.74) is 0. The van der Waals surface area contributed by atoms with Crippen LogP contribution >= 0.6 is 0 Å². The molecule has 14 heavy (non-hydrogen) atoms. The van der Waals surface area contributed by atoms with Crippen molar-refractivity contribution in [1.82, 2.24) is 4.90 Å². The number of hydrogen-bond acceptors (Lipinski definition) is 4. The molecular formula is C10H21NO3. The predicted octanol–water partition coefficient (Wildman–Crippen LogP) is 0.293. The molecule has 0 saturated carbocycles. The highest BCUT2D eigenvalue weighted by Gasteiger charge is 2.14.